The molecule has 160 valence electrons. The van der Waals surface area contributed by atoms with Gasteiger partial charge in [-0.1, -0.05) is 18.2 Å². The summed E-state index contributed by atoms with van der Waals surface area (Å²) in [7, 11) is 0. The first kappa shape index (κ1) is 22.0. The lowest BCUT2D eigenvalue weighted by Gasteiger charge is -2.16. The molecule has 3 aromatic carbocycles. The Kier molecular flexibility index (Phi) is 6.34. The van der Waals surface area contributed by atoms with E-state index in [2.05, 4.69) is 5.32 Å². The molecule has 0 aromatic heterocycles. The van der Waals surface area contributed by atoms with Crippen molar-refractivity contribution < 1.29 is 23.1 Å². The number of nitrogens with one attached hydrogen (secondary N) is 2. The maximum Gasteiger partial charge on any atom is 0.326 e. The Labute approximate surface area is 179 Å². The van der Waals surface area contributed by atoms with Crippen molar-refractivity contribution in [2.75, 3.05) is 5.32 Å². The Morgan fingerprint density at radius 1 is 0.839 bits per heavy atom. The van der Waals surface area contributed by atoms with Gasteiger partial charge in [0.05, 0.1) is 0 Å². The topological polar surface area (TPSA) is 67.4 Å². The van der Waals surface area contributed by atoms with Gasteiger partial charge in [0.2, 0.25) is 0 Å². The first-order valence-electron chi connectivity index (χ1n) is 9.59. The van der Waals surface area contributed by atoms with Crippen LogP contribution in [0.5, 0.6) is 11.5 Å². The summed E-state index contributed by atoms with van der Waals surface area (Å²) in [5.74, 6) is -1.94. The Morgan fingerprint density at radius 3 is 2.03 bits per heavy atom. The molecule has 0 saturated heterocycles. The molecule has 0 saturated carbocycles. The van der Waals surface area contributed by atoms with Crippen LogP contribution in [0.15, 0.2) is 48.5 Å². The van der Waals surface area contributed by atoms with Crippen molar-refractivity contribution in [1.29, 1.82) is 0 Å². The number of imide groups is 1. The van der Waals surface area contributed by atoms with E-state index in [1.807, 2.05) is 37.4 Å². The zero-order chi connectivity index (χ0) is 22.7. The second kappa shape index (κ2) is 8.95. The summed E-state index contributed by atoms with van der Waals surface area (Å²) in [6, 6.07) is 11.4. The van der Waals surface area contributed by atoms with Crippen molar-refractivity contribution in [1.82, 2.24) is 5.32 Å². The first-order chi connectivity index (χ1) is 14.7. The number of urea groups is 1. The number of amides is 3. The van der Waals surface area contributed by atoms with Gasteiger partial charge in [-0.05, 0) is 80.3 Å². The second-order valence-electron chi connectivity index (χ2n) is 7.24. The van der Waals surface area contributed by atoms with Gasteiger partial charge in [-0.3, -0.25) is 10.1 Å². The van der Waals surface area contributed by atoms with Crippen LogP contribution in [0.1, 0.15) is 32.6 Å². The van der Waals surface area contributed by atoms with Gasteiger partial charge in [-0.15, -0.1) is 0 Å². The molecular weight excluding hydrogens is 402 g/mol. The molecule has 0 unspecified atom stereocenters. The number of carbonyl (C=O) groups excluding carboxylic acids is 2. The summed E-state index contributed by atoms with van der Waals surface area (Å²) >= 11 is 0. The van der Waals surface area contributed by atoms with Gasteiger partial charge in [-0.25, -0.2) is 13.6 Å². The van der Waals surface area contributed by atoms with E-state index in [-0.39, 0.29) is 0 Å². The van der Waals surface area contributed by atoms with Crippen molar-refractivity contribution in [2.24, 2.45) is 0 Å². The molecular formula is C24H22F2N2O3. The summed E-state index contributed by atoms with van der Waals surface area (Å²) in [6.07, 6.45) is 0. The number of aryl methyl sites for hydroxylation is 3. The molecule has 3 amide bonds. The zero-order valence-electron chi connectivity index (χ0n) is 17.6. The molecule has 0 spiro atoms. The summed E-state index contributed by atoms with van der Waals surface area (Å²) in [5, 5.41) is 4.51. The molecule has 0 aliphatic rings. The Hall–Kier alpha value is -3.74. The number of halogens is 2. The van der Waals surface area contributed by atoms with Crippen LogP contribution in [0.2, 0.25) is 0 Å². The average molecular weight is 424 g/mol. The molecule has 0 aliphatic carbocycles. The van der Waals surface area contributed by atoms with Crippen LogP contribution in [0.25, 0.3) is 0 Å². The van der Waals surface area contributed by atoms with Crippen molar-refractivity contribution in [2.45, 2.75) is 27.7 Å². The molecule has 31 heavy (non-hydrogen) atoms. The molecule has 2 N–H and O–H groups in total. The van der Waals surface area contributed by atoms with Crippen LogP contribution in [-0.2, 0) is 0 Å². The van der Waals surface area contributed by atoms with Gasteiger partial charge in [-0.2, -0.15) is 0 Å². The molecule has 0 fully saturated rings. The number of hydrogen-bond acceptors (Lipinski definition) is 3. The average Bonchev–Trinajstić information content (AvgIpc) is 2.68. The molecule has 0 heterocycles. The van der Waals surface area contributed by atoms with Gasteiger partial charge >= 0.3 is 6.03 Å². The number of hydrogen-bond donors (Lipinski definition) is 2. The van der Waals surface area contributed by atoms with E-state index in [0.29, 0.717) is 22.6 Å². The summed E-state index contributed by atoms with van der Waals surface area (Å²) in [5.41, 5.74) is 3.17. The largest absolute Gasteiger partial charge is 0.457 e. The fourth-order valence-electron chi connectivity index (χ4n) is 3.17. The van der Waals surface area contributed by atoms with Gasteiger partial charge in [0, 0.05) is 5.69 Å². The third-order valence-electron chi connectivity index (χ3n) is 4.94. The molecule has 7 heteroatoms. The zero-order valence-corrected chi connectivity index (χ0v) is 17.6. The van der Waals surface area contributed by atoms with Crippen LogP contribution in [0, 0.1) is 39.3 Å². The molecule has 3 rings (SSSR count). The monoisotopic (exact) mass is 424 g/mol. The maximum atomic E-state index is 13.7. The molecule has 5 nitrogen and oxygen atoms in total. The Bertz CT molecular complexity index is 1130. The van der Waals surface area contributed by atoms with Crippen LogP contribution >= 0.6 is 0 Å². The first-order valence-corrected chi connectivity index (χ1v) is 9.59. The highest BCUT2D eigenvalue weighted by atomic mass is 19.1. The van der Waals surface area contributed by atoms with E-state index in [0.717, 1.165) is 35.1 Å². The second-order valence-corrected chi connectivity index (χ2v) is 7.24. The highest BCUT2D eigenvalue weighted by Gasteiger charge is 2.20. The summed E-state index contributed by atoms with van der Waals surface area (Å²) < 4.78 is 33.5. The normalized spacial score (nSPS) is 10.5. The minimum Gasteiger partial charge on any atom is -0.457 e. The van der Waals surface area contributed by atoms with Crippen LogP contribution in [-0.4, -0.2) is 11.9 Å². The summed E-state index contributed by atoms with van der Waals surface area (Å²) in [4.78, 5) is 24.4. The maximum absolute atomic E-state index is 13.7. The SMILES string of the molecule is Cc1cccc(Oc2cc(C)c(NC(=O)NC(=O)c3c(F)cccc3F)c(C)c2)c1C. The molecule has 0 aliphatic heterocycles. The van der Waals surface area contributed by atoms with Crippen LogP contribution in [0.3, 0.4) is 0 Å². The molecule has 0 atom stereocenters. The van der Waals surface area contributed by atoms with Gasteiger partial charge in [0.1, 0.15) is 28.7 Å². The van der Waals surface area contributed by atoms with E-state index in [4.69, 9.17) is 4.74 Å². The van der Waals surface area contributed by atoms with Crippen LogP contribution < -0.4 is 15.4 Å². The van der Waals surface area contributed by atoms with Crippen LogP contribution in [0.4, 0.5) is 19.3 Å². The van der Waals surface area contributed by atoms with Gasteiger partial charge < -0.3 is 10.1 Å². The third-order valence-corrected chi connectivity index (χ3v) is 4.94. The fraction of sp³-hybridized carbons (Fsp3) is 0.167. The van der Waals surface area contributed by atoms with Crippen molar-refractivity contribution in [3.8, 4) is 11.5 Å². The predicted molar refractivity (Wildman–Crippen MR) is 115 cm³/mol. The number of anilines is 1. The van der Waals surface area contributed by atoms with E-state index >= 15 is 0 Å². The lowest BCUT2D eigenvalue weighted by atomic mass is 10.1. The third kappa shape index (κ3) is 4.88. The van der Waals surface area contributed by atoms with Crippen molar-refractivity contribution in [3.05, 3.63) is 88.0 Å². The quantitative estimate of drug-likeness (QED) is 0.544. The Morgan fingerprint density at radius 2 is 1.42 bits per heavy atom. The lowest BCUT2D eigenvalue weighted by Crippen LogP contribution is -2.35. The number of rotatable bonds is 4. The highest BCUT2D eigenvalue weighted by Crippen LogP contribution is 2.31. The minimum atomic E-state index is -1.17. The number of carbonyl (C=O) groups is 2. The number of ether oxygens (including phenoxy) is 1. The van der Waals surface area contributed by atoms with E-state index in [1.165, 1.54) is 0 Å². The van der Waals surface area contributed by atoms with E-state index < -0.39 is 29.1 Å². The molecule has 3 aromatic rings. The standard InChI is InChI=1S/C24H22F2N2O3/c1-13-7-5-10-20(16(13)4)31-17-11-14(2)22(15(3)12-17)27-24(30)28-23(29)21-18(25)8-6-9-19(21)26/h5-12H,1-4H3,(H2,27,28,29,30). The summed E-state index contributed by atoms with van der Waals surface area (Å²) in [6.45, 7) is 7.52. The molecule has 0 radical (unpaired) electrons. The molecule has 0 bridgehead atoms. The van der Waals surface area contributed by atoms with Gasteiger partial charge in [0.25, 0.3) is 5.91 Å². The predicted octanol–water partition coefficient (Wildman–Crippen LogP) is 5.95. The van der Waals surface area contributed by atoms with Gasteiger partial charge in [0.15, 0.2) is 0 Å². The smallest absolute Gasteiger partial charge is 0.326 e. The van der Waals surface area contributed by atoms with E-state index in [1.54, 1.807) is 26.0 Å². The highest BCUT2D eigenvalue weighted by molar-refractivity contribution is 6.08. The minimum absolute atomic E-state index is 0.465. The van der Waals surface area contributed by atoms with Crippen molar-refractivity contribution in [3.63, 3.8) is 0 Å². The lowest BCUT2D eigenvalue weighted by molar-refractivity contribution is 0.0959. The van der Waals surface area contributed by atoms with E-state index in [9.17, 15) is 18.4 Å². The fourth-order valence-corrected chi connectivity index (χ4v) is 3.17. The van der Waals surface area contributed by atoms with Crippen molar-refractivity contribution >= 4 is 17.6 Å². The Balaban J connectivity index is 1.75. The number of benzene rings is 3.